The average molecular weight is 355 g/mol. The van der Waals surface area contributed by atoms with E-state index in [4.69, 9.17) is 4.74 Å². The number of aryl methyl sites for hydroxylation is 1. The lowest BCUT2D eigenvalue weighted by Gasteiger charge is -2.08. The van der Waals surface area contributed by atoms with Gasteiger partial charge in [-0.25, -0.2) is 4.98 Å². The van der Waals surface area contributed by atoms with E-state index in [1.165, 1.54) is 0 Å². The number of nitrogens with zero attached hydrogens (tertiary/aromatic N) is 1. The molecule has 5 nitrogen and oxygen atoms in total. The molecule has 0 aliphatic heterocycles. The van der Waals surface area contributed by atoms with E-state index in [-0.39, 0.29) is 11.3 Å². The highest BCUT2D eigenvalue weighted by Crippen LogP contribution is 2.45. The Morgan fingerprint density at radius 3 is 2.96 bits per heavy atom. The normalized spacial score (nSPS) is 15.3. The maximum atomic E-state index is 12.1. The van der Waals surface area contributed by atoms with Crippen LogP contribution >= 0.6 is 11.3 Å². The first-order chi connectivity index (χ1) is 12.0. The molecule has 1 saturated carbocycles. The summed E-state index contributed by atoms with van der Waals surface area (Å²) < 4.78 is 5.90. The zero-order valence-electron chi connectivity index (χ0n) is 14.4. The molecule has 0 unspecified atom stereocenters. The monoisotopic (exact) mass is 355 g/mol. The van der Waals surface area contributed by atoms with Crippen LogP contribution in [0.25, 0.3) is 10.9 Å². The number of rotatable bonds is 6. The predicted molar refractivity (Wildman–Crippen MR) is 98.7 cm³/mol. The Morgan fingerprint density at radius 1 is 1.40 bits per heavy atom. The number of hydrogen-bond acceptors (Lipinski definition) is 4. The van der Waals surface area contributed by atoms with Crippen molar-refractivity contribution in [3.63, 3.8) is 0 Å². The van der Waals surface area contributed by atoms with Crippen molar-refractivity contribution < 1.29 is 9.53 Å². The molecule has 6 heteroatoms. The Balaban J connectivity index is 1.47. The number of carbonyl (C=O) groups excluding carboxylic acids is 1. The summed E-state index contributed by atoms with van der Waals surface area (Å²) in [6.07, 6.45) is 1.98. The third kappa shape index (κ3) is 3.39. The summed E-state index contributed by atoms with van der Waals surface area (Å²) >= 11 is 1.57. The summed E-state index contributed by atoms with van der Waals surface area (Å²) in [7, 11) is 0. The molecule has 2 N–H and O–H groups in total. The van der Waals surface area contributed by atoms with Crippen LogP contribution in [0.5, 0.6) is 5.75 Å². The molecule has 1 amide bonds. The SMILES string of the molecule is Cc1cc2cc(CNC(=O)C3(C)CC3)[nH]c2cc1OCc1cscn1. The molecule has 0 atom stereocenters. The average Bonchev–Trinajstić information content (AvgIpc) is 3.01. The van der Waals surface area contributed by atoms with Crippen LogP contribution in [0.15, 0.2) is 29.1 Å². The summed E-state index contributed by atoms with van der Waals surface area (Å²) in [5.41, 5.74) is 5.71. The number of thiazole rings is 1. The smallest absolute Gasteiger partial charge is 0.226 e. The van der Waals surface area contributed by atoms with E-state index in [1.807, 2.05) is 30.8 Å². The van der Waals surface area contributed by atoms with Crippen molar-refractivity contribution in [1.29, 1.82) is 0 Å². The largest absolute Gasteiger partial charge is 0.487 e. The summed E-state index contributed by atoms with van der Waals surface area (Å²) in [6.45, 7) is 5.05. The van der Waals surface area contributed by atoms with Crippen molar-refractivity contribution >= 4 is 28.1 Å². The van der Waals surface area contributed by atoms with Crippen molar-refractivity contribution in [3.8, 4) is 5.75 Å². The maximum Gasteiger partial charge on any atom is 0.226 e. The number of aromatic nitrogens is 2. The van der Waals surface area contributed by atoms with Crippen LogP contribution in [-0.2, 0) is 17.9 Å². The molecule has 130 valence electrons. The fraction of sp³-hybridized carbons (Fsp3) is 0.368. The van der Waals surface area contributed by atoms with E-state index in [0.717, 1.165) is 46.4 Å². The van der Waals surface area contributed by atoms with Gasteiger partial charge in [0.1, 0.15) is 12.4 Å². The number of hydrogen-bond donors (Lipinski definition) is 2. The lowest BCUT2D eigenvalue weighted by atomic mass is 10.1. The summed E-state index contributed by atoms with van der Waals surface area (Å²) in [5.74, 6) is 0.998. The highest BCUT2D eigenvalue weighted by Gasteiger charge is 2.44. The molecule has 1 aliphatic carbocycles. The van der Waals surface area contributed by atoms with Crippen LogP contribution in [-0.4, -0.2) is 15.9 Å². The Morgan fingerprint density at radius 2 is 2.24 bits per heavy atom. The summed E-state index contributed by atoms with van der Waals surface area (Å²) in [6, 6.07) is 6.21. The minimum Gasteiger partial charge on any atom is -0.487 e. The second-order valence-electron chi connectivity index (χ2n) is 7.01. The second kappa shape index (κ2) is 6.19. The Kier molecular flexibility index (Phi) is 4.00. The van der Waals surface area contributed by atoms with E-state index in [9.17, 15) is 4.79 Å². The van der Waals surface area contributed by atoms with Gasteiger partial charge in [0, 0.05) is 33.5 Å². The molecular formula is C19H21N3O2S. The third-order valence-corrected chi connectivity index (χ3v) is 5.45. The number of benzene rings is 1. The standard InChI is InChI=1S/C19H21N3O2S/c1-12-5-13-6-14(8-20-18(23)19(2)3-4-19)22-16(13)7-17(12)24-9-15-10-25-11-21-15/h5-7,10-11,22H,3-4,8-9H2,1-2H3,(H,20,23). The van der Waals surface area contributed by atoms with Gasteiger partial charge >= 0.3 is 0 Å². The Bertz CT molecular complexity index is 910. The van der Waals surface area contributed by atoms with E-state index in [2.05, 4.69) is 27.4 Å². The van der Waals surface area contributed by atoms with Crippen LogP contribution in [0.3, 0.4) is 0 Å². The minimum atomic E-state index is -0.140. The van der Waals surface area contributed by atoms with Gasteiger partial charge in [-0.2, -0.15) is 0 Å². The van der Waals surface area contributed by atoms with Crippen molar-refractivity contribution in [2.45, 2.75) is 39.8 Å². The summed E-state index contributed by atoms with van der Waals surface area (Å²) in [5, 5.41) is 6.14. The van der Waals surface area contributed by atoms with Crippen LogP contribution in [0.1, 0.15) is 36.7 Å². The van der Waals surface area contributed by atoms with E-state index in [1.54, 1.807) is 11.3 Å². The van der Waals surface area contributed by atoms with Crippen LogP contribution < -0.4 is 10.1 Å². The quantitative estimate of drug-likeness (QED) is 0.704. The molecule has 0 saturated heterocycles. The van der Waals surface area contributed by atoms with Gasteiger partial charge in [-0.05, 0) is 37.5 Å². The molecule has 0 radical (unpaired) electrons. The van der Waals surface area contributed by atoms with Crippen molar-refractivity contribution in [2.75, 3.05) is 0 Å². The Labute approximate surface area is 150 Å². The van der Waals surface area contributed by atoms with E-state index < -0.39 is 0 Å². The number of carbonyl (C=O) groups is 1. The molecule has 4 rings (SSSR count). The van der Waals surface area contributed by atoms with E-state index >= 15 is 0 Å². The van der Waals surface area contributed by atoms with E-state index in [0.29, 0.717) is 13.2 Å². The number of fused-ring (bicyclic) bond motifs is 1. The predicted octanol–water partition coefficient (Wildman–Crippen LogP) is 3.93. The molecule has 25 heavy (non-hydrogen) atoms. The fourth-order valence-electron chi connectivity index (χ4n) is 2.85. The number of H-pyrrole nitrogens is 1. The van der Waals surface area contributed by atoms with Gasteiger partial charge in [-0.1, -0.05) is 6.92 Å². The first-order valence-electron chi connectivity index (χ1n) is 8.44. The molecule has 3 aromatic rings. The van der Waals surface area contributed by atoms with Gasteiger partial charge in [0.15, 0.2) is 0 Å². The molecule has 1 aliphatic rings. The van der Waals surface area contributed by atoms with Crippen LogP contribution in [0, 0.1) is 12.3 Å². The van der Waals surface area contributed by atoms with Crippen molar-refractivity contribution in [3.05, 3.63) is 46.0 Å². The van der Waals surface area contributed by atoms with Crippen molar-refractivity contribution in [1.82, 2.24) is 15.3 Å². The maximum absolute atomic E-state index is 12.1. The highest BCUT2D eigenvalue weighted by atomic mass is 32.1. The van der Waals surface area contributed by atoms with Gasteiger partial charge < -0.3 is 15.0 Å². The van der Waals surface area contributed by atoms with Gasteiger partial charge in [-0.3, -0.25) is 4.79 Å². The molecule has 0 bridgehead atoms. The van der Waals surface area contributed by atoms with Crippen LogP contribution in [0.2, 0.25) is 0 Å². The summed E-state index contributed by atoms with van der Waals surface area (Å²) in [4.78, 5) is 19.7. The topological polar surface area (TPSA) is 67.0 Å². The molecular weight excluding hydrogens is 334 g/mol. The van der Waals surface area contributed by atoms with Gasteiger partial charge in [0.25, 0.3) is 0 Å². The number of amides is 1. The Hall–Kier alpha value is -2.34. The van der Waals surface area contributed by atoms with Gasteiger partial charge in [0.05, 0.1) is 17.7 Å². The van der Waals surface area contributed by atoms with Gasteiger partial charge in [-0.15, -0.1) is 11.3 Å². The lowest BCUT2D eigenvalue weighted by molar-refractivity contribution is -0.125. The first kappa shape index (κ1) is 16.1. The number of aromatic amines is 1. The molecule has 1 fully saturated rings. The molecule has 0 spiro atoms. The number of ether oxygens (including phenoxy) is 1. The molecule has 2 heterocycles. The zero-order chi connectivity index (χ0) is 17.4. The zero-order valence-corrected chi connectivity index (χ0v) is 15.2. The third-order valence-electron chi connectivity index (χ3n) is 4.82. The molecule has 1 aromatic carbocycles. The van der Waals surface area contributed by atoms with Gasteiger partial charge in [0.2, 0.25) is 5.91 Å². The molecule has 2 aromatic heterocycles. The first-order valence-corrected chi connectivity index (χ1v) is 9.38. The fourth-order valence-corrected chi connectivity index (χ4v) is 3.39. The highest BCUT2D eigenvalue weighted by molar-refractivity contribution is 7.07. The number of nitrogens with one attached hydrogen (secondary N) is 2. The van der Waals surface area contributed by atoms with Crippen LogP contribution in [0.4, 0.5) is 0 Å². The van der Waals surface area contributed by atoms with Crippen molar-refractivity contribution in [2.24, 2.45) is 5.41 Å². The minimum absolute atomic E-state index is 0.140. The second-order valence-corrected chi connectivity index (χ2v) is 7.73. The lowest BCUT2D eigenvalue weighted by Crippen LogP contribution is -2.29.